The van der Waals surface area contributed by atoms with Gasteiger partial charge in [0.1, 0.15) is 0 Å². The van der Waals surface area contributed by atoms with Gasteiger partial charge in [-0.25, -0.2) is 4.98 Å². The van der Waals surface area contributed by atoms with Crippen LogP contribution in [0.25, 0.3) is 11.0 Å². The van der Waals surface area contributed by atoms with Crippen molar-refractivity contribution in [3.63, 3.8) is 0 Å². The van der Waals surface area contributed by atoms with Gasteiger partial charge in [-0.15, -0.1) is 0 Å². The molecule has 1 aromatic carbocycles. The molecule has 0 saturated carbocycles. The second-order valence-corrected chi connectivity index (χ2v) is 5.23. The Kier molecular flexibility index (Phi) is 2.93. The van der Waals surface area contributed by atoms with Crippen LogP contribution in [-0.2, 0) is 4.79 Å². The summed E-state index contributed by atoms with van der Waals surface area (Å²) in [4.78, 5) is 31.9. The van der Waals surface area contributed by atoms with E-state index in [0.717, 1.165) is 11.0 Å². The van der Waals surface area contributed by atoms with Gasteiger partial charge in [0.2, 0.25) is 0 Å². The fraction of sp³-hybridized carbons (Fsp3) is 0.357. The Balaban J connectivity index is 1.70. The molecule has 6 heteroatoms. The van der Waals surface area contributed by atoms with Gasteiger partial charge in [0.15, 0.2) is 0 Å². The molecule has 1 saturated heterocycles. The fourth-order valence-electron chi connectivity index (χ4n) is 2.45. The minimum atomic E-state index is -0.805. The molecule has 6 nitrogen and oxygen atoms in total. The number of amides is 1. The fourth-order valence-corrected chi connectivity index (χ4v) is 2.45. The van der Waals surface area contributed by atoms with Gasteiger partial charge in [0, 0.05) is 24.6 Å². The zero-order valence-corrected chi connectivity index (χ0v) is 11.0. The van der Waals surface area contributed by atoms with Crippen molar-refractivity contribution in [2.45, 2.75) is 6.92 Å². The standard InChI is InChI=1S/C14H15N3O3/c1-8(14(19)20)10-5-17(6-10)13(18)9-2-3-11-12(4-9)16-7-15-11/h2-4,7-8,10H,5-6H2,1H3,(H,15,16)(H,19,20). The predicted molar refractivity (Wildman–Crippen MR) is 72.3 cm³/mol. The summed E-state index contributed by atoms with van der Waals surface area (Å²) in [6.07, 6.45) is 1.59. The Morgan fingerprint density at radius 2 is 2.20 bits per heavy atom. The van der Waals surface area contributed by atoms with Gasteiger partial charge in [-0.05, 0) is 18.2 Å². The van der Waals surface area contributed by atoms with Crippen molar-refractivity contribution in [2.75, 3.05) is 13.1 Å². The SMILES string of the molecule is CC(C(=O)O)C1CN(C(=O)c2ccc3nc[nH]c3c2)C1. The number of likely N-dealkylation sites (tertiary alicyclic amines) is 1. The molecule has 104 valence electrons. The smallest absolute Gasteiger partial charge is 0.306 e. The van der Waals surface area contributed by atoms with Crippen LogP contribution in [0.3, 0.4) is 0 Å². The van der Waals surface area contributed by atoms with Crippen molar-refractivity contribution in [3.8, 4) is 0 Å². The number of aromatic nitrogens is 2. The van der Waals surface area contributed by atoms with Crippen molar-refractivity contribution in [2.24, 2.45) is 11.8 Å². The summed E-state index contributed by atoms with van der Waals surface area (Å²) in [7, 11) is 0. The van der Waals surface area contributed by atoms with E-state index in [1.165, 1.54) is 0 Å². The van der Waals surface area contributed by atoms with E-state index in [1.807, 2.05) is 0 Å². The first kappa shape index (κ1) is 12.7. The molecule has 1 aliphatic heterocycles. The van der Waals surface area contributed by atoms with E-state index in [9.17, 15) is 9.59 Å². The highest BCUT2D eigenvalue weighted by atomic mass is 16.4. The van der Waals surface area contributed by atoms with E-state index in [2.05, 4.69) is 9.97 Å². The van der Waals surface area contributed by atoms with Gasteiger partial charge in [0.05, 0.1) is 23.3 Å². The van der Waals surface area contributed by atoms with E-state index in [4.69, 9.17) is 5.11 Å². The van der Waals surface area contributed by atoms with Crippen molar-refractivity contribution >= 4 is 22.9 Å². The maximum atomic E-state index is 12.3. The number of carbonyl (C=O) groups excluding carboxylic acids is 1. The van der Waals surface area contributed by atoms with E-state index < -0.39 is 11.9 Å². The second-order valence-electron chi connectivity index (χ2n) is 5.23. The van der Waals surface area contributed by atoms with E-state index in [0.29, 0.717) is 18.7 Å². The molecule has 1 fully saturated rings. The van der Waals surface area contributed by atoms with Gasteiger partial charge in [-0.2, -0.15) is 0 Å². The monoisotopic (exact) mass is 273 g/mol. The Hall–Kier alpha value is -2.37. The summed E-state index contributed by atoms with van der Waals surface area (Å²) in [6.45, 7) is 2.70. The minimum absolute atomic E-state index is 0.0485. The number of imidazole rings is 1. The number of rotatable bonds is 3. The predicted octanol–water partition coefficient (Wildman–Crippen LogP) is 1.36. The second kappa shape index (κ2) is 4.63. The molecular weight excluding hydrogens is 258 g/mol. The van der Waals surface area contributed by atoms with Crippen LogP contribution in [0.15, 0.2) is 24.5 Å². The molecule has 0 radical (unpaired) electrons. The van der Waals surface area contributed by atoms with Crippen LogP contribution >= 0.6 is 0 Å². The first-order valence-corrected chi connectivity index (χ1v) is 6.51. The molecule has 3 rings (SSSR count). The van der Waals surface area contributed by atoms with E-state index in [1.54, 1.807) is 36.4 Å². The third-order valence-corrected chi connectivity index (χ3v) is 3.96. The van der Waals surface area contributed by atoms with Crippen molar-refractivity contribution in [1.29, 1.82) is 0 Å². The quantitative estimate of drug-likeness (QED) is 0.884. The van der Waals surface area contributed by atoms with Gasteiger partial charge in [-0.3, -0.25) is 9.59 Å². The Bertz CT molecular complexity index is 673. The molecule has 0 bridgehead atoms. The lowest BCUT2D eigenvalue weighted by Gasteiger charge is -2.41. The highest BCUT2D eigenvalue weighted by molar-refractivity contribution is 5.97. The molecular formula is C14H15N3O3. The lowest BCUT2D eigenvalue weighted by Crippen LogP contribution is -2.53. The van der Waals surface area contributed by atoms with Crippen LogP contribution < -0.4 is 0 Å². The number of aromatic amines is 1. The average molecular weight is 273 g/mol. The zero-order chi connectivity index (χ0) is 14.3. The van der Waals surface area contributed by atoms with Crippen LogP contribution in [0.4, 0.5) is 0 Å². The maximum absolute atomic E-state index is 12.3. The molecule has 1 atom stereocenters. The van der Waals surface area contributed by atoms with E-state index in [-0.39, 0.29) is 11.8 Å². The number of nitrogens with one attached hydrogen (secondary N) is 1. The van der Waals surface area contributed by atoms with Crippen LogP contribution in [0.1, 0.15) is 17.3 Å². The Labute approximate surface area is 115 Å². The molecule has 0 spiro atoms. The third kappa shape index (κ3) is 2.03. The van der Waals surface area contributed by atoms with Crippen LogP contribution in [0.5, 0.6) is 0 Å². The number of H-pyrrole nitrogens is 1. The number of carboxylic acids is 1. The highest BCUT2D eigenvalue weighted by Gasteiger charge is 2.37. The summed E-state index contributed by atoms with van der Waals surface area (Å²) in [5, 5.41) is 8.94. The molecule has 2 heterocycles. The number of nitrogens with zero attached hydrogens (tertiary/aromatic N) is 2. The lowest BCUT2D eigenvalue weighted by atomic mass is 9.86. The highest BCUT2D eigenvalue weighted by Crippen LogP contribution is 2.26. The van der Waals surface area contributed by atoms with Crippen LogP contribution in [-0.4, -0.2) is 44.9 Å². The minimum Gasteiger partial charge on any atom is -0.481 e. The maximum Gasteiger partial charge on any atom is 0.306 e. The normalized spacial score (nSPS) is 16.9. The summed E-state index contributed by atoms with van der Waals surface area (Å²) in [5.74, 6) is -1.22. The Morgan fingerprint density at radius 3 is 2.90 bits per heavy atom. The number of benzene rings is 1. The van der Waals surface area contributed by atoms with Gasteiger partial charge >= 0.3 is 5.97 Å². The Morgan fingerprint density at radius 1 is 1.45 bits per heavy atom. The zero-order valence-electron chi connectivity index (χ0n) is 11.0. The molecule has 1 aliphatic rings. The van der Waals surface area contributed by atoms with Gasteiger partial charge in [-0.1, -0.05) is 6.92 Å². The largest absolute Gasteiger partial charge is 0.481 e. The van der Waals surface area contributed by atoms with Crippen LogP contribution in [0, 0.1) is 11.8 Å². The summed E-state index contributed by atoms with van der Waals surface area (Å²) in [5.41, 5.74) is 2.25. The first-order valence-electron chi connectivity index (χ1n) is 6.51. The molecule has 0 aliphatic carbocycles. The average Bonchev–Trinajstić information content (AvgIpc) is 2.83. The number of fused-ring (bicyclic) bond motifs is 1. The van der Waals surface area contributed by atoms with Crippen molar-refractivity contribution < 1.29 is 14.7 Å². The summed E-state index contributed by atoms with van der Waals surface area (Å²) in [6, 6.07) is 5.33. The van der Waals surface area contributed by atoms with Crippen molar-refractivity contribution in [3.05, 3.63) is 30.1 Å². The van der Waals surface area contributed by atoms with Gasteiger partial charge < -0.3 is 15.0 Å². The molecule has 2 aromatic rings. The molecule has 20 heavy (non-hydrogen) atoms. The number of carbonyl (C=O) groups is 2. The van der Waals surface area contributed by atoms with Crippen LogP contribution in [0.2, 0.25) is 0 Å². The molecule has 1 unspecified atom stereocenters. The van der Waals surface area contributed by atoms with E-state index >= 15 is 0 Å². The summed E-state index contributed by atoms with van der Waals surface area (Å²) >= 11 is 0. The molecule has 2 N–H and O–H groups in total. The summed E-state index contributed by atoms with van der Waals surface area (Å²) < 4.78 is 0. The number of carboxylic acid groups (broad SMARTS) is 1. The van der Waals surface area contributed by atoms with Crippen molar-refractivity contribution in [1.82, 2.24) is 14.9 Å². The third-order valence-electron chi connectivity index (χ3n) is 3.96. The molecule has 1 amide bonds. The number of aliphatic carboxylic acids is 1. The van der Waals surface area contributed by atoms with Gasteiger partial charge in [0.25, 0.3) is 5.91 Å². The topological polar surface area (TPSA) is 86.3 Å². The number of hydrogen-bond donors (Lipinski definition) is 2. The lowest BCUT2D eigenvalue weighted by molar-refractivity contribution is -0.144. The molecule has 1 aromatic heterocycles. The number of hydrogen-bond acceptors (Lipinski definition) is 3. The first-order chi connectivity index (χ1) is 9.56.